The highest BCUT2D eigenvalue weighted by Crippen LogP contribution is 2.29. The molecule has 140 valence electrons. The molecule has 2 N–H and O–H groups in total. The molecule has 2 bridgehead atoms. The predicted molar refractivity (Wildman–Crippen MR) is 99.5 cm³/mol. The molecule has 2 unspecified atom stereocenters. The van der Waals surface area contributed by atoms with Gasteiger partial charge in [-0.2, -0.15) is 0 Å². The number of nitrogens with zero attached hydrogens (tertiary/aromatic N) is 1. The van der Waals surface area contributed by atoms with Gasteiger partial charge in [0, 0.05) is 30.7 Å². The number of piperazine rings is 1. The number of carbonyl (C=O) groups excluding carboxylic acids is 1. The summed E-state index contributed by atoms with van der Waals surface area (Å²) in [5, 5.41) is 6.99. The van der Waals surface area contributed by atoms with Gasteiger partial charge >= 0.3 is 0 Å². The van der Waals surface area contributed by atoms with Gasteiger partial charge in [0.15, 0.2) is 0 Å². The molecule has 4 rings (SSSR count). The minimum Gasteiger partial charge on any atom is -0.497 e. The van der Waals surface area contributed by atoms with Crippen LogP contribution in [0.2, 0.25) is 0 Å². The van der Waals surface area contributed by atoms with E-state index in [0.29, 0.717) is 25.2 Å². The van der Waals surface area contributed by atoms with Crippen molar-refractivity contribution in [3.05, 3.63) is 35.9 Å². The molecule has 1 saturated heterocycles. The van der Waals surface area contributed by atoms with Crippen molar-refractivity contribution in [1.29, 1.82) is 0 Å². The summed E-state index contributed by atoms with van der Waals surface area (Å²) in [7, 11) is 1.65. The zero-order chi connectivity index (χ0) is 17.9. The number of amides is 1. The Morgan fingerprint density at radius 2 is 1.96 bits per heavy atom. The zero-order valence-electron chi connectivity index (χ0n) is 15.2. The summed E-state index contributed by atoms with van der Waals surface area (Å²) in [6.07, 6.45) is 5.27. The van der Waals surface area contributed by atoms with Crippen molar-refractivity contribution in [3.63, 3.8) is 0 Å². The largest absolute Gasteiger partial charge is 0.497 e. The van der Waals surface area contributed by atoms with E-state index in [0.717, 1.165) is 49.4 Å². The maximum absolute atomic E-state index is 13.1. The fraction of sp³-hybridized carbons (Fsp3) is 0.550. The fourth-order valence-corrected chi connectivity index (χ4v) is 3.74. The van der Waals surface area contributed by atoms with E-state index in [9.17, 15) is 4.79 Å². The van der Waals surface area contributed by atoms with E-state index in [1.165, 1.54) is 0 Å². The van der Waals surface area contributed by atoms with Crippen LogP contribution in [0.1, 0.15) is 19.3 Å². The number of nitrogens with one attached hydrogen (secondary N) is 2. The normalized spacial score (nSPS) is 24.6. The molecule has 2 aliphatic heterocycles. The smallest absolute Gasteiger partial charge is 0.251 e. The Kier molecular flexibility index (Phi) is 5.13. The van der Waals surface area contributed by atoms with Crippen molar-refractivity contribution in [1.82, 2.24) is 15.5 Å². The second kappa shape index (κ2) is 7.68. The summed E-state index contributed by atoms with van der Waals surface area (Å²) in [5.41, 5.74) is 0.921. The summed E-state index contributed by atoms with van der Waals surface area (Å²) >= 11 is 0. The van der Waals surface area contributed by atoms with E-state index in [1.54, 1.807) is 7.11 Å². The van der Waals surface area contributed by atoms with E-state index in [2.05, 4.69) is 16.7 Å². The maximum atomic E-state index is 13.1. The third-order valence-corrected chi connectivity index (χ3v) is 5.33. The Morgan fingerprint density at radius 3 is 2.69 bits per heavy atom. The van der Waals surface area contributed by atoms with Crippen LogP contribution in [0.4, 0.5) is 0 Å². The molecule has 1 aromatic rings. The molecule has 0 radical (unpaired) electrons. The first-order valence-corrected chi connectivity index (χ1v) is 9.49. The maximum Gasteiger partial charge on any atom is 0.251 e. The number of hydrogen-bond donors (Lipinski definition) is 2. The SMILES string of the molecule is COc1ccc(OCCN(C(=O)C2=CCC3CNCC2N3)C2CC2)cc1. The minimum absolute atomic E-state index is 0.138. The second-order valence-electron chi connectivity index (χ2n) is 7.22. The molecule has 2 heterocycles. The van der Waals surface area contributed by atoms with E-state index >= 15 is 0 Å². The summed E-state index contributed by atoms with van der Waals surface area (Å²) in [6.45, 7) is 2.93. The van der Waals surface area contributed by atoms with Crippen molar-refractivity contribution in [2.24, 2.45) is 0 Å². The van der Waals surface area contributed by atoms with Gasteiger partial charge in [0.25, 0.3) is 5.91 Å². The van der Waals surface area contributed by atoms with Crippen LogP contribution in [0.5, 0.6) is 11.5 Å². The standard InChI is InChI=1S/C20H27N3O3/c1-25-16-5-7-17(8-6-16)26-11-10-23(15-3-4-15)20(24)18-9-2-14-12-21-13-19(18)22-14/h5-9,14-15,19,21-22H,2-4,10-13H2,1H3. The first-order valence-electron chi connectivity index (χ1n) is 9.49. The lowest BCUT2D eigenvalue weighted by molar-refractivity contribution is -0.128. The number of rotatable bonds is 7. The highest BCUT2D eigenvalue weighted by Gasteiger charge is 2.38. The van der Waals surface area contributed by atoms with Gasteiger partial charge in [0.1, 0.15) is 18.1 Å². The zero-order valence-corrected chi connectivity index (χ0v) is 15.2. The second-order valence-corrected chi connectivity index (χ2v) is 7.22. The fourth-order valence-electron chi connectivity index (χ4n) is 3.74. The van der Waals surface area contributed by atoms with E-state index in [-0.39, 0.29) is 11.9 Å². The van der Waals surface area contributed by atoms with Crippen LogP contribution in [-0.4, -0.2) is 62.3 Å². The number of fused-ring (bicyclic) bond motifs is 2. The van der Waals surface area contributed by atoms with Crippen molar-refractivity contribution >= 4 is 5.91 Å². The van der Waals surface area contributed by atoms with Crippen LogP contribution in [0.3, 0.4) is 0 Å². The van der Waals surface area contributed by atoms with Gasteiger partial charge in [-0.05, 0) is 43.5 Å². The lowest BCUT2D eigenvalue weighted by Gasteiger charge is -2.38. The lowest BCUT2D eigenvalue weighted by atomic mass is 9.93. The van der Waals surface area contributed by atoms with Crippen molar-refractivity contribution in [3.8, 4) is 11.5 Å². The van der Waals surface area contributed by atoms with Crippen molar-refractivity contribution < 1.29 is 14.3 Å². The number of methoxy groups -OCH3 is 1. The van der Waals surface area contributed by atoms with Gasteiger partial charge in [-0.15, -0.1) is 0 Å². The molecule has 1 amide bonds. The monoisotopic (exact) mass is 357 g/mol. The topological polar surface area (TPSA) is 62.8 Å². The summed E-state index contributed by atoms with van der Waals surface area (Å²) in [4.78, 5) is 15.1. The Morgan fingerprint density at radius 1 is 1.19 bits per heavy atom. The van der Waals surface area contributed by atoms with Crippen LogP contribution in [0.15, 0.2) is 35.9 Å². The molecule has 0 spiro atoms. The summed E-state index contributed by atoms with van der Waals surface area (Å²) < 4.78 is 11.0. The third-order valence-electron chi connectivity index (χ3n) is 5.33. The molecule has 3 aliphatic rings. The molecule has 1 aromatic carbocycles. The Bertz CT molecular complexity index is 669. The quantitative estimate of drug-likeness (QED) is 0.771. The Hall–Kier alpha value is -2.05. The predicted octanol–water partition coefficient (Wildman–Crippen LogP) is 1.33. The Labute approximate surface area is 154 Å². The van der Waals surface area contributed by atoms with Gasteiger partial charge in [-0.3, -0.25) is 4.79 Å². The van der Waals surface area contributed by atoms with Gasteiger partial charge in [0.05, 0.1) is 19.7 Å². The molecular formula is C20H27N3O3. The molecule has 6 nitrogen and oxygen atoms in total. The van der Waals surface area contributed by atoms with Crippen LogP contribution in [0.25, 0.3) is 0 Å². The van der Waals surface area contributed by atoms with Gasteiger partial charge in [0.2, 0.25) is 0 Å². The number of ether oxygens (including phenoxy) is 2. The number of hydrogen-bond acceptors (Lipinski definition) is 5. The molecule has 1 saturated carbocycles. The minimum atomic E-state index is 0.138. The van der Waals surface area contributed by atoms with Crippen molar-refractivity contribution in [2.45, 2.75) is 37.4 Å². The van der Waals surface area contributed by atoms with Gasteiger partial charge in [-0.25, -0.2) is 0 Å². The third kappa shape index (κ3) is 3.86. The Balaban J connectivity index is 1.36. The van der Waals surface area contributed by atoms with Crippen LogP contribution in [0, 0.1) is 0 Å². The lowest BCUT2D eigenvalue weighted by Crippen LogP contribution is -2.59. The van der Waals surface area contributed by atoms with E-state index < -0.39 is 0 Å². The summed E-state index contributed by atoms with van der Waals surface area (Å²) in [5.74, 6) is 1.78. The highest BCUT2D eigenvalue weighted by molar-refractivity contribution is 5.95. The average molecular weight is 357 g/mol. The van der Waals surface area contributed by atoms with Crippen LogP contribution >= 0.6 is 0 Å². The first kappa shape index (κ1) is 17.4. The molecule has 2 atom stereocenters. The van der Waals surface area contributed by atoms with E-state index in [4.69, 9.17) is 9.47 Å². The first-order chi connectivity index (χ1) is 12.7. The number of carbonyl (C=O) groups is 1. The molecule has 0 aromatic heterocycles. The van der Waals surface area contributed by atoms with Crippen LogP contribution < -0.4 is 20.1 Å². The highest BCUT2D eigenvalue weighted by atomic mass is 16.5. The average Bonchev–Trinajstić information content (AvgIpc) is 3.51. The molecule has 26 heavy (non-hydrogen) atoms. The van der Waals surface area contributed by atoms with Gasteiger partial charge < -0.3 is 25.0 Å². The van der Waals surface area contributed by atoms with E-state index in [1.807, 2.05) is 29.2 Å². The molecule has 1 aliphatic carbocycles. The molecular weight excluding hydrogens is 330 g/mol. The summed E-state index contributed by atoms with van der Waals surface area (Å²) in [6, 6.07) is 8.51. The van der Waals surface area contributed by atoms with Crippen molar-refractivity contribution in [2.75, 3.05) is 33.4 Å². The molecule has 2 fully saturated rings. The van der Waals surface area contributed by atoms with Crippen LogP contribution in [-0.2, 0) is 4.79 Å². The van der Waals surface area contributed by atoms with Gasteiger partial charge in [-0.1, -0.05) is 6.08 Å². The number of benzene rings is 1. The molecule has 6 heteroatoms.